The highest BCUT2D eigenvalue weighted by molar-refractivity contribution is 5.93. The summed E-state index contributed by atoms with van der Waals surface area (Å²) in [6, 6.07) is 7.99. The molecule has 1 saturated heterocycles. The molecule has 1 aromatic carbocycles. The van der Waals surface area contributed by atoms with Crippen LogP contribution in [0.15, 0.2) is 24.3 Å². The summed E-state index contributed by atoms with van der Waals surface area (Å²) in [5.74, 6) is 1.01. The minimum Gasteiger partial charge on any atom is -0.496 e. The number of nitrogens with one attached hydrogen (secondary N) is 2. The third kappa shape index (κ3) is 5.48. The minimum atomic E-state index is -0.186. The van der Waals surface area contributed by atoms with E-state index in [4.69, 9.17) is 4.74 Å². The number of carbonyl (C=O) groups excluding carboxylic acids is 1. The second kappa shape index (κ2) is 10.6. The van der Waals surface area contributed by atoms with Crippen LogP contribution in [0.3, 0.4) is 0 Å². The van der Waals surface area contributed by atoms with Gasteiger partial charge in [0.25, 0.3) is 5.91 Å². The molecular formula is C21H32ClN5O2. The van der Waals surface area contributed by atoms with Crippen molar-refractivity contribution >= 4 is 18.3 Å². The van der Waals surface area contributed by atoms with Gasteiger partial charge in [-0.05, 0) is 51.3 Å². The van der Waals surface area contributed by atoms with Gasteiger partial charge in [-0.1, -0.05) is 37.3 Å². The standard InChI is InChI=1S/C21H31N5O2.ClH/c1-14(2)13-18(17-7-5-6-8-19(17)28-4)23-21(27)20-15(3)26(25-24-20)16-9-11-22-12-10-16;/h5-8,14,16,18,22H,9-13H2,1-4H3,(H,23,27);1H. The lowest BCUT2D eigenvalue weighted by Crippen LogP contribution is -2.31. The van der Waals surface area contributed by atoms with Crippen LogP contribution in [0.1, 0.15) is 66.9 Å². The van der Waals surface area contributed by atoms with Crippen LogP contribution in [0.4, 0.5) is 0 Å². The van der Waals surface area contributed by atoms with Gasteiger partial charge in [0, 0.05) is 5.56 Å². The van der Waals surface area contributed by atoms with Crippen molar-refractivity contribution in [2.75, 3.05) is 20.2 Å². The van der Waals surface area contributed by atoms with Crippen molar-refractivity contribution in [2.24, 2.45) is 5.92 Å². The van der Waals surface area contributed by atoms with E-state index in [-0.39, 0.29) is 24.4 Å². The molecule has 0 bridgehead atoms. The average Bonchev–Trinajstić information content (AvgIpc) is 3.09. The minimum absolute atomic E-state index is 0. The number of hydrogen-bond donors (Lipinski definition) is 2. The van der Waals surface area contributed by atoms with E-state index in [2.05, 4.69) is 34.8 Å². The van der Waals surface area contributed by atoms with Crippen LogP contribution < -0.4 is 15.4 Å². The Bertz CT molecular complexity index is 802. The third-order valence-electron chi connectivity index (χ3n) is 5.32. The zero-order chi connectivity index (χ0) is 20.1. The average molecular weight is 422 g/mol. The lowest BCUT2D eigenvalue weighted by atomic mass is 9.96. The monoisotopic (exact) mass is 421 g/mol. The second-order valence-corrected chi connectivity index (χ2v) is 7.85. The molecule has 1 aliphatic rings. The highest BCUT2D eigenvalue weighted by Crippen LogP contribution is 2.30. The molecule has 0 spiro atoms. The molecule has 1 atom stereocenters. The smallest absolute Gasteiger partial charge is 0.274 e. The molecular weight excluding hydrogens is 390 g/mol. The number of halogens is 1. The summed E-state index contributed by atoms with van der Waals surface area (Å²) in [4.78, 5) is 13.0. The van der Waals surface area contributed by atoms with Crippen molar-refractivity contribution in [3.05, 3.63) is 41.2 Å². The summed E-state index contributed by atoms with van der Waals surface area (Å²) in [6.45, 7) is 8.16. The van der Waals surface area contributed by atoms with E-state index in [0.717, 1.165) is 49.4 Å². The van der Waals surface area contributed by atoms with E-state index in [9.17, 15) is 4.79 Å². The van der Waals surface area contributed by atoms with Crippen molar-refractivity contribution in [3.63, 3.8) is 0 Å². The molecule has 0 aliphatic carbocycles. The Morgan fingerprint density at radius 3 is 2.66 bits per heavy atom. The summed E-state index contributed by atoms with van der Waals surface area (Å²) in [5.41, 5.74) is 2.21. The molecule has 1 amide bonds. The Labute approximate surface area is 179 Å². The number of ether oxygens (including phenoxy) is 1. The largest absolute Gasteiger partial charge is 0.496 e. The molecule has 8 heteroatoms. The van der Waals surface area contributed by atoms with Crippen LogP contribution in [0.25, 0.3) is 0 Å². The Morgan fingerprint density at radius 2 is 2.00 bits per heavy atom. The summed E-state index contributed by atoms with van der Waals surface area (Å²) in [7, 11) is 1.65. The fraction of sp³-hybridized carbons (Fsp3) is 0.571. The van der Waals surface area contributed by atoms with Crippen LogP contribution in [-0.2, 0) is 0 Å². The number of methoxy groups -OCH3 is 1. The van der Waals surface area contributed by atoms with Gasteiger partial charge in [0.2, 0.25) is 0 Å². The molecule has 2 heterocycles. The first-order chi connectivity index (χ1) is 13.5. The summed E-state index contributed by atoms with van der Waals surface area (Å²) < 4.78 is 7.43. The van der Waals surface area contributed by atoms with Crippen LogP contribution in [0, 0.1) is 12.8 Å². The van der Waals surface area contributed by atoms with Crippen molar-refractivity contribution in [2.45, 2.75) is 52.1 Å². The lowest BCUT2D eigenvalue weighted by Gasteiger charge is -2.24. The number of rotatable bonds is 7. The topological polar surface area (TPSA) is 81.1 Å². The van der Waals surface area contributed by atoms with Gasteiger partial charge < -0.3 is 15.4 Å². The van der Waals surface area contributed by atoms with E-state index >= 15 is 0 Å². The van der Waals surface area contributed by atoms with Gasteiger partial charge in [-0.2, -0.15) is 0 Å². The first-order valence-corrected chi connectivity index (χ1v) is 10.1. The maximum absolute atomic E-state index is 13.0. The van der Waals surface area contributed by atoms with E-state index in [0.29, 0.717) is 17.7 Å². The van der Waals surface area contributed by atoms with Gasteiger partial charge >= 0.3 is 0 Å². The summed E-state index contributed by atoms with van der Waals surface area (Å²) in [6.07, 6.45) is 2.82. The van der Waals surface area contributed by atoms with Gasteiger partial charge in [0.05, 0.1) is 24.9 Å². The van der Waals surface area contributed by atoms with Crippen molar-refractivity contribution in [1.29, 1.82) is 0 Å². The summed E-state index contributed by atoms with van der Waals surface area (Å²) in [5, 5.41) is 15.0. The Balaban J connectivity index is 0.00000300. The highest BCUT2D eigenvalue weighted by Gasteiger charge is 2.26. The van der Waals surface area contributed by atoms with Gasteiger partial charge in [0.1, 0.15) is 5.75 Å². The van der Waals surface area contributed by atoms with E-state index in [1.807, 2.05) is 35.9 Å². The number of hydrogen-bond acceptors (Lipinski definition) is 5. The quantitative estimate of drug-likeness (QED) is 0.715. The van der Waals surface area contributed by atoms with E-state index in [1.54, 1.807) is 7.11 Å². The molecule has 2 aromatic rings. The van der Waals surface area contributed by atoms with Crippen molar-refractivity contribution in [1.82, 2.24) is 25.6 Å². The van der Waals surface area contributed by atoms with E-state index in [1.165, 1.54) is 0 Å². The van der Waals surface area contributed by atoms with Crippen LogP contribution >= 0.6 is 12.4 Å². The number of piperidine rings is 1. The first kappa shape index (κ1) is 23.2. The van der Waals surface area contributed by atoms with Crippen molar-refractivity contribution in [3.8, 4) is 5.75 Å². The number of benzene rings is 1. The molecule has 3 rings (SSSR count). The molecule has 1 unspecified atom stereocenters. The van der Waals surface area contributed by atoms with Crippen molar-refractivity contribution < 1.29 is 9.53 Å². The third-order valence-corrected chi connectivity index (χ3v) is 5.32. The zero-order valence-corrected chi connectivity index (χ0v) is 18.5. The molecule has 29 heavy (non-hydrogen) atoms. The van der Waals surface area contributed by atoms with Crippen LogP contribution in [-0.4, -0.2) is 41.1 Å². The second-order valence-electron chi connectivity index (χ2n) is 7.85. The normalized spacial score (nSPS) is 15.6. The summed E-state index contributed by atoms with van der Waals surface area (Å²) >= 11 is 0. The molecule has 160 valence electrons. The Hall–Kier alpha value is -2.12. The first-order valence-electron chi connectivity index (χ1n) is 10.1. The highest BCUT2D eigenvalue weighted by atomic mass is 35.5. The maximum Gasteiger partial charge on any atom is 0.274 e. The number of nitrogens with zero attached hydrogens (tertiary/aromatic N) is 3. The van der Waals surface area contributed by atoms with Gasteiger partial charge in [0.15, 0.2) is 5.69 Å². The Kier molecular flexibility index (Phi) is 8.46. The van der Waals surface area contributed by atoms with Gasteiger partial charge in [-0.15, -0.1) is 17.5 Å². The molecule has 1 aliphatic heterocycles. The molecule has 0 saturated carbocycles. The number of para-hydroxylation sites is 1. The predicted octanol–water partition coefficient (Wildman–Crippen LogP) is 3.46. The van der Waals surface area contributed by atoms with Gasteiger partial charge in [-0.25, -0.2) is 4.68 Å². The number of amides is 1. The molecule has 1 aromatic heterocycles. The fourth-order valence-corrected chi connectivity index (χ4v) is 3.86. The van der Waals surface area contributed by atoms with Crippen LogP contribution in [0.2, 0.25) is 0 Å². The molecule has 1 fully saturated rings. The number of carbonyl (C=O) groups is 1. The number of aromatic nitrogens is 3. The SMILES string of the molecule is COc1ccccc1C(CC(C)C)NC(=O)c1nnn(C2CCNCC2)c1C.Cl. The molecule has 2 N–H and O–H groups in total. The van der Waals surface area contributed by atoms with Crippen LogP contribution in [0.5, 0.6) is 5.75 Å². The van der Waals surface area contributed by atoms with Gasteiger partial charge in [-0.3, -0.25) is 4.79 Å². The van der Waals surface area contributed by atoms with E-state index < -0.39 is 0 Å². The fourth-order valence-electron chi connectivity index (χ4n) is 3.86. The lowest BCUT2D eigenvalue weighted by molar-refractivity contribution is 0.0925. The maximum atomic E-state index is 13.0. The molecule has 7 nitrogen and oxygen atoms in total. The Morgan fingerprint density at radius 1 is 1.31 bits per heavy atom. The molecule has 0 radical (unpaired) electrons. The zero-order valence-electron chi connectivity index (χ0n) is 17.6. The predicted molar refractivity (Wildman–Crippen MR) is 116 cm³/mol.